The number of hydrogen-bond acceptors (Lipinski definition) is 4. The van der Waals surface area contributed by atoms with Crippen LogP contribution in [-0.2, 0) is 14.3 Å². The molecule has 0 aliphatic heterocycles. The van der Waals surface area contributed by atoms with Gasteiger partial charge >= 0.3 is 5.97 Å². The summed E-state index contributed by atoms with van der Waals surface area (Å²) >= 11 is 0. The molecule has 0 aliphatic carbocycles. The molecule has 0 atom stereocenters. The number of benzene rings is 1. The van der Waals surface area contributed by atoms with E-state index in [1.807, 2.05) is 30.3 Å². The first-order valence-corrected chi connectivity index (χ1v) is 6.35. The first-order chi connectivity index (χ1) is 9.22. The van der Waals surface area contributed by atoms with Crippen LogP contribution >= 0.6 is 0 Å². The number of carbonyl (C=O) groups excluding carboxylic acids is 2. The molecule has 1 amide bonds. The van der Waals surface area contributed by atoms with Crippen molar-refractivity contribution < 1.29 is 14.3 Å². The summed E-state index contributed by atoms with van der Waals surface area (Å²) in [7, 11) is 1.38. The van der Waals surface area contributed by atoms with Crippen LogP contribution in [0.25, 0.3) is 0 Å². The van der Waals surface area contributed by atoms with Crippen LogP contribution in [-0.4, -0.2) is 32.1 Å². The van der Waals surface area contributed by atoms with Gasteiger partial charge in [-0.1, -0.05) is 18.2 Å². The highest BCUT2D eigenvalue weighted by atomic mass is 16.5. The molecule has 1 aromatic carbocycles. The van der Waals surface area contributed by atoms with Crippen LogP contribution < -0.4 is 10.6 Å². The zero-order chi connectivity index (χ0) is 13.9. The molecule has 0 bridgehead atoms. The first-order valence-electron chi connectivity index (χ1n) is 6.35. The van der Waals surface area contributed by atoms with E-state index in [2.05, 4.69) is 15.4 Å². The summed E-state index contributed by atoms with van der Waals surface area (Å²) in [6.45, 7) is 1.30. The second-order valence-corrected chi connectivity index (χ2v) is 4.09. The molecule has 19 heavy (non-hydrogen) atoms. The van der Waals surface area contributed by atoms with Gasteiger partial charge in [-0.2, -0.15) is 0 Å². The number of anilines is 1. The number of para-hydroxylation sites is 1. The fraction of sp³-hybridized carbons (Fsp3) is 0.429. The van der Waals surface area contributed by atoms with E-state index in [0.29, 0.717) is 32.4 Å². The number of ether oxygens (including phenoxy) is 1. The normalized spacial score (nSPS) is 9.95. The molecule has 1 aromatic rings. The van der Waals surface area contributed by atoms with Crippen LogP contribution in [0.5, 0.6) is 0 Å². The molecule has 0 fully saturated rings. The van der Waals surface area contributed by atoms with E-state index in [1.165, 1.54) is 7.11 Å². The molecule has 0 aromatic heterocycles. The van der Waals surface area contributed by atoms with Crippen LogP contribution in [0, 0.1) is 0 Å². The molecule has 0 unspecified atom stereocenters. The van der Waals surface area contributed by atoms with E-state index >= 15 is 0 Å². The van der Waals surface area contributed by atoms with E-state index in [0.717, 1.165) is 5.69 Å². The van der Waals surface area contributed by atoms with Gasteiger partial charge in [0.1, 0.15) is 0 Å². The van der Waals surface area contributed by atoms with Crippen LogP contribution in [0.4, 0.5) is 5.69 Å². The van der Waals surface area contributed by atoms with Gasteiger partial charge in [0.15, 0.2) is 0 Å². The molecule has 1 rings (SSSR count). The van der Waals surface area contributed by atoms with Crippen molar-refractivity contribution in [3.63, 3.8) is 0 Å². The lowest BCUT2D eigenvalue weighted by Crippen LogP contribution is -2.23. The predicted molar refractivity (Wildman–Crippen MR) is 73.8 cm³/mol. The molecule has 0 heterocycles. The van der Waals surface area contributed by atoms with Crippen molar-refractivity contribution in [3.8, 4) is 0 Å². The second kappa shape index (κ2) is 9.10. The highest BCUT2D eigenvalue weighted by Crippen LogP contribution is 2.04. The molecular formula is C14H20N2O3. The summed E-state index contributed by atoms with van der Waals surface area (Å²) in [6.07, 6.45) is 1.53. The van der Waals surface area contributed by atoms with Gasteiger partial charge in [0.05, 0.1) is 7.11 Å². The summed E-state index contributed by atoms with van der Waals surface area (Å²) in [5.74, 6) is -0.227. The fourth-order valence-corrected chi connectivity index (χ4v) is 1.53. The standard InChI is InChI=1S/C14H20N2O3/c1-19-14(18)8-5-10-15-11-9-13(17)16-12-6-3-2-4-7-12/h2-4,6-7,15H,5,8-11H2,1H3,(H,16,17). The van der Waals surface area contributed by atoms with Crippen molar-refractivity contribution in [3.05, 3.63) is 30.3 Å². The van der Waals surface area contributed by atoms with E-state index in [4.69, 9.17) is 0 Å². The summed E-state index contributed by atoms with van der Waals surface area (Å²) in [4.78, 5) is 22.4. The molecule has 0 aliphatic rings. The average molecular weight is 264 g/mol. The smallest absolute Gasteiger partial charge is 0.305 e. The second-order valence-electron chi connectivity index (χ2n) is 4.09. The molecule has 0 spiro atoms. The number of amides is 1. The molecule has 0 saturated heterocycles. The van der Waals surface area contributed by atoms with Gasteiger partial charge in [0.25, 0.3) is 0 Å². The lowest BCUT2D eigenvalue weighted by atomic mass is 10.3. The number of methoxy groups -OCH3 is 1. The summed E-state index contributed by atoms with van der Waals surface area (Å²) < 4.78 is 4.53. The van der Waals surface area contributed by atoms with Gasteiger partial charge in [-0.3, -0.25) is 9.59 Å². The van der Waals surface area contributed by atoms with Crippen molar-refractivity contribution in [1.29, 1.82) is 0 Å². The molecule has 5 nitrogen and oxygen atoms in total. The van der Waals surface area contributed by atoms with Gasteiger partial charge in [0, 0.05) is 25.1 Å². The lowest BCUT2D eigenvalue weighted by molar-refractivity contribution is -0.140. The Labute approximate surface area is 113 Å². The zero-order valence-electron chi connectivity index (χ0n) is 11.1. The van der Waals surface area contributed by atoms with E-state index < -0.39 is 0 Å². The topological polar surface area (TPSA) is 67.4 Å². The van der Waals surface area contributed by atoms with Crippen molar-refractivity contribution in [2.45, 2.75) is 19.3 Å². The fourth-order valence-electron chi connectivity index (χ4n) is 1.53. The number of rotatable bonds is 8. The minimum absolute atomic E-state index is 0.0216. The minimum Gasteiger partial charge on any atom is -0.469 e. The van der Waals surface area contributed by atoms with Gasteiger partial charge in [-0.25, -0.2) is 0 Å². The molecule has 5 heteroatoms. The maximum Gasteiger partial charge on any atom is 0.305 e. The number of carbonyl (C=O) groups is 2. The van der Waals surface area contributed by atoms with Gasteiger partial charge in [-0.15, -0.1) is 0 Å². The Morgan fingerprint density at radius 3 is 2.53 bits per heavy atom. The Morgan fingerprint density at radius 1 is 1.11 bits per heavy atom. The van der Waals surface area contributed by atoms with Crippen LogP contribution in [0.1, 0.15) is 19.3 Å². The molecule has 2 N–H and O–H groups in total. The summed E-state index contributed by atoms with van der Waals surface area (Å²) in [5, 5.41) is 5.92. The van der Waals surface area contributed by atoms with E-state index in [-0.39, 0.29) is 11.9 Å². The van der Waals surface area contributed by atoms with Crippen molar-refractivity contribution in [1.82, 2.24) is 5.32 Å². The van der Waals surface area contributed by atoms with Crippen LogP contribution in [0.15, 0.2) is 30.3 Å². The van der Waals surface area contributed by atoms with Gasteiger partial charge in [0.2, 0.25) is 5.91 Å². The van der Waals surface area contributed by atoms with Crippen LogP contribution in [0.3, 0.4) is 0 Å². The lowest BCUT2D eigenvalue weighted by Gasteiger charge is -2.06. The third-order valence-corrected chi connectivity index (χ3v) is 2.55. The van der Waals surface area contributed by atoms with Gasteiger partial charge < -0.3 is 15.4 Å². The van der Waals surface area contributed by atoms with Crippen molar-refractivity contribution in [2.24, 2.45) is 0 Å². The summed E-state index contributed by atoms with van der Waals surface area (Å²) in [5.41, 5.74) is 0.804. The first kappa shape index (κ1) is 15.2. The predicted octanol–water partition coefficient (Wildman–Crippen LogP) is 1.56. The Bertz CT molecular complexity index is 393. The molecule has 104 valence electrons. The van der Waals surface area contributed by atoms with Crippen molar-refractivity contribution >= 4 is 17.6 Å². The Balaban J connectivity index is 2.03. The average Bonchev–Trinajstić information content (AvgIpc) is 2.43. The quantitative estimate of drug-likeness (QED) is 0.552. The molecular weight excluding hydrogens is 244 g/mol. The Hall–Kier alpha value is -1.88. The van der Waals surface area contributed by atoms with Crippen molar-refractivity contribution in [2.75, 3.05) is 25.5 Å². The highest BCUT2D eigenvalue weighted by Gasteiger charge is 2.02. The Morgan fingerprint density at radius 2 is 1.84 bits per heavy atom. The molecule has 0 saturated carbocycles. The maximum atomic E-state index is 11.6. The minimum atomic E-state index is -0.205. The van der Waals surface area contributed by atoms with Crippen LogP contribution in [0.2, 0.25) is 0 Å². The maximum absolute atomic E-state index is 11.6. The highest BCUT2D eigenvalue weighted by molar-refractivity contribution is 5.90. The SMILES string of the molecule is COC(=O)CCCNCCC(=O)Nc1ccccc1. The largest absolute Gasteiger partial charge is 0.469 e. The summed E-state index contributed by atoms with van der Waals surface area (Å²) in [6, 6.07) is 9.35. The Kier molecular flexibility index (Phi) is 7.27. The van der Waals surface area contributed by atoms with Gasteiger partial charge in [-0.05, 0) is 25.1 Å². The zero-order valence-corrected chi connectivity index (χ0v) is 11.1. The van der Waals surface area contributed by atoms with E-state index in [1.54, 1.807) is 0 Å². The third-order valence-electron chi connectivity index (χ3n) is 2.55. The third kappa shape index (κ3) is 7.21. The monoisotopic (exact) mass is 264 g/mol. The number of esters is 1. The van der Waals surface area contributed by atoms with E-state index in [9.17, 15) is 9.59 Å². The number of hydrogen-bond donors (Lipinski definition) is 2. The number of nitrogens with one attached hydrogen (secondary N) is 2. The molecule has 0 radical (unpaired) electrons.